The molecule has 1 aromatic heterocycles. The summed E-state index contributed by atoms with van der Waals surface area (Å²) in [4.78, 5) is 19.1. The summed E-state index contributed by atoms with van der Waals surface area (Å²) in [6.07, 6.45) is 4.96. The Kier molecular flexibility index (Phi) is 6.19. The summed E-state index contributed by atoms with van der Waals surface area (Å²) >= 11 is 0. The molecule has 0 bridgehead atoms. The van der Waals surface area contributed by atoms with E-state index < -0.39 is 0 Å². The standard InChI is InChI=1S/C17H27N3O2/c1-13(2)12-20(17(21)19-10-11-22-3)15-8-4-6-14-7-5-9-18-16(14)15/h5,7,9,13,15H,4,6,8,10-12H2,1-3H3,(H,19,21)/t15-/m1/s1. The number of hydrogen-bond donors (Lipinski definition) is 1. The van der Waals surface area contributed by atoms with Crippen LogP contribution in [0.5, 0.6) is 0 Å². The van der Waals surface area contributed by atoms with E-state index >= 15 is 0 Å². The van der Waals surface area contributed by atoms with Crippen LogP contribution in [0.25, 0.3) is 0 Å². The van der Waals surface area contributed by atoms with E-state index in [2.05, 4.69) is 30.2 Å². The van der Waals surface area contributed by atoms with Crippen LogP contribution in [0.4, 0.5) is 4.79 Å². The third-order valence-electron chi connectivity index (χ3n) is 3.95. The maximum atomic E-state index is 12.6. The predicted molar refractivity (Wildman–Crippen MR) is 86.7 cm³/mol. The number of fused-ring (bicyclic) bond motifs is 1. The van der Waals surface area contributed by atoms with Gasteiger partial charge in [-0.2, -0.15) is 0 Å². The van der Waals surface area contributed by atoms with E-state index in [-0.39, 0.29) is 12.1 Å². The molecule has 0 radical (unpaired) electrons. The van der Waals surface area contributed by atoms with Gasteiger partial charge in [-0.05, 0) is 36.8 Å². The molecule has 5 nitrogen and oxygen atoms in total. The lowest BCUT2D eigenvalue weighted by Gasteiger charge is -2.36. The summed E-state index contributed by atoms with van der Waals surface area (Å²) in [5.74, 6) is 0.419. The first kappa shape index (κ1) is 16.7. The van der Waals surface area contributed by atoms with Crippen molar-refractivity contribution >= 4 is 6.03 Å². The molecule has 2 amide bonds. The molecule has 1 aliphatic rings. The zero-order valence-corrected chi connectivity index (χ0v) is 13.8. The Labute approximate surface area is 133 Å². The first-order valence-corrected chi connectivity index (χ1v) is 8.10. The van der Waals surface area contributed by atoms with Crippen molar-refractivity contribution in [1.82, 2.24) is 15.2 Å². The van der Waals surface area contributed by atoms with Crippen molar-refractivity contribution in [3.63, 3.8) is 0 Å². The average Bonchev–Trinajstić information content (AvgIpc) is 2.52. The number of aromatic nitrogens is 1. The quantitative estimate of drug-likeness (QED) is 0.822. The Morgan fingerprint density at radius 3 is 3.09 bits per heavy atom. The molecule has 2 rings (SSSR count). The van der Waals surface area contributed by atoms with Gasteiger partial charge in [-0.3, -0.25) is 4.98 Å². The van der Waals surface area contributed by atoms with E-state index in [0.717, 1.165) is 31.5 Å². The van der Waals surface area contributed by atoms with Crippen molar-refractivity contribution < 1.29 is 9.53 Å². The second kappa shape index (κ2) is 8.13. The van der Waals surface area contributed by atoms with E-state index in [9.17, 15) is 4.79 Å². The molecular formula is C17H27N3O2. The number of nitrogens with zero attached hydrogens (tertiary/aromatic N) is 2. The molecule has 1 aliphatic carbocycles. The molecule has 1 atom stereocenters. The van der Waals surface area contributed by atoms with Crippen LogP contribution in [-0.2, 0) is 11.2 Å². The minimum absolute atomic E-state index is 0.0192. The molecule has 0 aliphatic heterocycles. The van der Waals surface area contributed by atoms with E-state index in [0.29, 0.717) is 19.1 Å². The summed E-state index contributed by atoms with van der Waals surface area (Å²) in [5, 5.41) is 2.95. The SMILES string of the molecule is COCCNC(=O)N(CC(C)C)[C@@H]1CCCc2cccnc21. The van der Waals surface area contributed by atoms with E-state index in [1.807, 2.05) is 17.2 Å². The Balaban J connectivity index is 2.17. The van der Waals surface area contributed by atoms with Crippen molar-refractivity contribution in [1.29, 1.82) is 0 Å². The number of amides is 2. The van der Waals surface area contributed by atoms with Crippen LogP contribution in [0.3, 0.4) is 0 Å². The lowest BCUT2D eigenvalue weighted by molar-refractivity contribution is 0.148. The zero-order valence-electron chi connectivity index (χ0n) is 13.8. The number of pyridine rings is 1. The van der Waals surface area contributed by atoms with Gasteiger partial charge in [0.1, 0.15) is 0 Å². The topological polar surface area (TPSA) is 54.5 Å². The smallest absolute Gasteiger partial charge is 0.318 e. The second-order valence-electron chi connectivity index (χ2n) is 6.23. The van der Waals surface area contributed by atoms with Crippen molar-refractivity contribution in [2.24, 2.45) is 5.92 Å². The van der Waals surface area contributed by atoms with Crippen LogP contribution >= 0.6 is 0 Å². The molecule has 0 saturated carbocycles. The number of aryl methyl sites for hydroxylation is 1. The Bertz CT molecular complexity index is 491. The number of nitrogens with one attached hydrogen (secondary N) is 1. The molecule has 0 fully saturated rings. The molecular weight excluding hydrogens is 278 g/mol. The molecule has 0 spiro atoms. The minimum Gasteiger partial charge on any atom is -0.383 e. The van der Waals surface area contributed by atoms with Gasteiger partial charge < -0.3 is 15.0 Å². The number of methoxy groups -OCH3 is 1. The highest BCUT2D eigenvalue weighted by atomic mass is 16.5. The Hall–Kier alpha value is -1.62. The molecule has 1 heterocycles. The summed E-state index contributed by atoms with van der Waals surface area (Å²) in [6, 6.07) is 4.17. The molecule has 5 heteroatoms. The van der Waals surface area contributed by atoms with Crippen LogP contribution < -0.4 is 5.32 Å². The number of hydrogen-bond acceptors (Lipinski definition) is 3. The highest BCUT2D eigenvalue weighted by Crippen LogP contribution is 2.33. The van der Waals surface area contributed by atoms with Gasteiger partial charge in [0.05, 0.1) is 18.3 Å². The van der Waals surface area contributed by atoms with Gasteiger partial charge in [0.2, 0.25) is 0 Å². The minimum atomic E-state index is -0.0192. The van der Waals surface area contributed by atoms with Crippen molar-refractivity contribution in [2.75, 3.05) is 26.8 Å². The summed E-state index contributed by atoms with van der Waals surface area (Å²) in [7, 11) is 1.64. The van der Waals surface area contributed by atoms with Gasteiger partial charge in [0, 0.05) is 26.4 Å². The van der Waals surface area contributed by atoms with Crippen molar-refractivity contribution in [3.05, 3.63) is 29.6 Å². The molecule has 0 saturated heterocycles. The van der Waals surface area contributed by atoms with Gasteiger partial charge in [-0.25, -0.2) is 4.79 Å². The normalized spacial score (nSPS) is 17.2. The maximum absolute atomic E-state index is 12.6. The number of urea groups is 1. The number of ether oxygens (including phenoxy) is 1. The van der Waals surface area contributed by atoms with Gasteiger partial charge >= 0.3 is 6.03 Å². The van der Waals surface area contributed by atoms with Gasteiger partial charge in [-0.1, -0.05) is 19.9 Å². The lowest BCUT2D eigenvalue weighted by atomic mass is 9.90. The van der Waals surface area contributed by atoms with Crippen LogP contribution in [0.2, 0.25) is 0 Å². The molecule has 0 unspecified atom stereocenters. The first-order chi connectivity index (χ1) is 10.6. The fraction of sp³-hybridized carbons (Fsp3) is 0.647. The molecule has 22 heavy (non-hydrogen) atoms. The van der Waals surface area contributed by atoms with E-state index in [4.69, 9.17) is 4.74 Å². The van der Waals surface area contributed by atoms with Crippen LogP contribution in [0, 0.1) is 5.92 Å². The van der Waals surface area contributed by atoms with Gasteiger partial charge in [0.15, 0.2) is 0 Å². The predicted octanol–water partition coefficient (Wildman–Crippen LogP) is 2.77. The monoisotopic (exact) mass is 305 g/mol. The largest absolute Gasteiger partial charge is 0.383 e. The Morgan fingerprint density at radius 2 is 2.36 bits per heavy atom. The molecule has 122 valence electrons. The molecule has 0 aromatic carbocycles. The first-order valence-electron chi connectivity index (χ1n) is 8.10. The van der Waals surface area contributed by atoms with Crippen LogP contribution in [-0.4, -0.2) is 42.7 Å². The highest BCUT2D eigenvalue weighted by molar-refractivity contribution is 5.74. The van der Waals surface area contributed by atoms with Crippen molar-refractivity contribution in [2.45, 2.75) is 39.2 Å². The van der Waals surface area contributed by atoms with E-state index in [1.165, 1.54) is 5.56 Å². The lowest BCUT2D eigenvalue weighted by Crippen LogP contribution is -2.46. The molecule has 1 aromatic rings. The van der Waals surface area contributed by atoms with Crippen LogP contribution in [0.1, 0.15) is 44.0 Å². The van der Waals surface area contributed by atoms with Gasteiger partial charge in [-0.15, -0.1) is 0 Å². The van der Waals surface area contributed by atoms with Crippen molar-refractivity contribution in [3.8, 4) is 0 Å². The average molecular weight is 305 g/mol. The van der Waals surface area contributed by atoms with Crippen LogP contribution in [0.15, 0.2) is 18.3 Å². The zero-order chi connectivity index (χ0) is 15.9. The number of rotatable bonds is 6. The van der Waals surface area contributed by atoms with E-state index in [1.54, 1.807) is 7.11 Å². The highest BCUT2D eigenvalue weighted by Gasteiger charge is 2.30. The number of carbonyl (C=O) groups is 1. The fourth-order valence-electron chi connectivity index (χ4n) is 2.99. The fourth-order valence-corrected chi connectivity index (χ4v) is 2.99. The Morgan fingerprint density at radius 1 is 1.55 bits per heavy atom. The number of carbonyl (C=O) groups excluding carboxylic acids is 1. The maximum Gasteiger partial charge on any atom is 0.318 e. The molecule has 1 N–H and O–H groups in total. The second-order valence-corrected chi connectivity index (χ2v) is 6.23. The third kappa shape index (κ3) is 4.19. The summed E-state index contributed by atoms with van der Waals surface area (Å²) in [5.41, 5.74) is 2.34. The summed E-state index contributed by atoms with van der Waals surface area (Å²) < 4.78 is 5.01. The summed E-state index contributed by atoms with van der Waals surface area (Å²) in [6.45, 7) is 6.07. The third-order valence-corrected chi connectivity index (χ3v) is 3.95. The van der Waals surface area contributed by atoms with Gasteiger partial charge in [0.25, 0.3) is 0 Å².